The fraction of sp³-hybridized carbons (Fsp3) is 0.517. The minimum absolute atomic E-state index is 0.101. The summed E-state index contributed by atoms with van der Waals surface area (Å²) in [7, 11) is 1.79. The second kappa shape index (κ2) is 11.7. The normalized spacial score (nSPS) is 18.2. The number of hydrogen-bond donors (Lipinski definition) is 3. The topological polar surface area (TPSA) is 126 Å². The number of carbonyl (C=O) groups is 1. The number of anilines is 1. The quantitative estimate of drug-likeness (QED) is 0.358. The minimum Gasteiger partial charge on any atom is -0.491 e. The molecule has 0 radical (unpaired) electrons. The highest BCUT2D eigenvalue weighted by Crippen LogP contribution is 2.35. The molecule has 3 aromatic rings. The monoisotopic (exact) mass is 534 g/mol. The number of likely N-dealkylation sites (tertiary alicyclic amines) is 1. The lowest BCUT2D eigenvalue weighted by Crippen LogP contribution is -2.45. The molecular weight excluding hydrogens is 496 g/mol. The van der Waals surface area contributed by atoms with Crippen LogP contribution in [0, 0.1) is 26.7 Å². The van der Waals surface area contributed by atoms with Crippen LogP contribution >= 0.6 is 0 Å². The first-order valence-corrected chi connectivity index (χ1v) is 13.8. The molecule has 2 unspecified atom stereocenters. The first-order valence-electron chi connectivity index (χ1n) is 13.8. The number of benzene rings is 1. The van der Waals surface area contributed by atoms with E-state index in [1.54, 1.807) is 7.05 Å². The molecule has 5 rings (SSSR count). The van der Waals surface area contributed by atoms with E-state index in [1.165, 1.54) is 0 Å². The smallest absolute Gasteiger partial charge is 0.225 e. The molecule has 1 aliphatic heterocycles. The zero-order valence-electron chi connectivity index (χ0n) is 23.2. The second-order valence-corrected chi connectivity index (χ2v) is 10.7. The van der Waals surface area contributed by atoms with Crippen molar-refractivity contribution in [1.29, 1.82) is 0 Å². The third-order valence-electron chi connectivity index (χ3n) is 7.39. The van der Waals surface area contributed by atoms with Crippen LogP contribution in [0.4, 0.5) is 5.82 Å². The molecule has 2 fully saturated rings. The minimum atomic E-state index is -0.613. The summed E-state index contributed by atoms with van der Waals surface area (Å²) in [5.74, 6) is 3.10. The van der Waals surface area contributed by atoms with Crippen LogP contribution in [-0.4, -0.2) is 76.5 Å². The number of ether oxygens (including phenoxy) is 1. The molecule has 0 spiro atoms. The summed E-state index contributed by atoms with van der Waals surface area (Å²) in [5, 5.41) is 20.8. The number of nitrogens with zero attached hydrogens (tertiary/aromatic N) is 4. The Balaban J connectivity index is 1.46. The number of piperidine rings is 1. The van der Waals surface area contributed by atoms with E-state index in [2.05, 4.69) is 15.8 Å². The molecule has 3 heterocycles. The van der Waals surface area contributed by atoms with Crippen LogP contribution in [0.1, 0.15) is 42.7 Å². The number of aliphatic hydroxyl groups excluding tert-OH is 1. The van der Waals surface area contributed by atoms with Gasteiger partial charge in [0.05, 0.1) is 17.0 Å². The van der Waals surface area contributed by atoms with Gasteiger partial charge < -0.3 is 29.9 Å². The maximum Gasteiger partial charge on any atom is 0.225 e. The fourth-order valence-corrected chi connectivity index (χ4v) is 5.14. The van der Waals surface area contributed by atoms with Gasteiger partial charge in [0, 0.05) is 42.7 Å². The number of aliphatic hydroxyl groups is 1. The predicted molar refractivity (Wildman–Crippen MR) is 149 cm³/mol. The molecule has 1 aliphatic carbocycles. The van der Waals surface area contributed by atoms with Gasteiger partial charge in [0.25, 0.3) is 0 Å². The summed E-state index contributed by atoms with van der Waals surface area (Å²) < 4.78 is 11.3. The van der Waals surface area contributed by atoms with E-state index in [0.29, 0.717) is 30.4 Å². The molecule has 208 valence electrons. The average Bonchev–Trinajstić information content (AvgIpc) is 3.73. The molecule has 0 bridgehead atoms. The van der Waals surface area contributed by atoms with E-state index in [4.69, 9.17) is 19.2 Å². The molecule has 10 nitrogen and oxygen atoms in total. The van der Waals surface area contributed by atoms with Gasteiger partial charge in [-0.1, -0.05) is 17.3 Å². The summed E-state index contributed by atoms with van der Waals surface area (Å²) in [5.41, 5.74) is 4.08. The van der Waals surface area contributed by atoms with E-state index in [-0.39, 0.29) is 24.5 Å². The zero-order chi connectivity index (χ0) is 27.5. The Labute approximate surface area is 229 Å². The molecule has 39 heavy (non-hydrogen) atoms. The highest BCUT2D eigenvalue weighted by Gasteiger charge is 2.35. The van der Waals surface area contributed by atoms with Crippen molar-refractivity contribution < 1.29 is 19.2 Å². The van der Waals surface area contributed by atoms with Crippen LogP contribution in [0.5, 0.6) is 5.75 Å². The van der Waals surface area contributed by atoms with E-state index in [0.717, 1.165) is 66.1 Å². The van der Waals surface area contributed by atoms with Crippen molar-refractivity contribution in [2.24, 2.45) is 5.92 Å². The number of rotatable bonds is 10. The van der Waals surface area contributed by atoms with Crippen molar-refractivity contribution in [3.05, 3.63) is 41.3 Å². The van der Waals surface area contributed by atoms with Crippen LogP contribution in [0.25, 0.3) is 22.6 Å². The van der Waals surface area contributed by atoms with Gasteiger partial charge in [0.1, 0.15) is 30.0 Å². The molecule has 10 heteroatoms. The third kappa shape index (κ3) is 6.23. The van der Waals surface area contributed by atoms with Gasteiger partial charge in [-0.3, -0.25) is 4.79 Å². The predicted octanol–water partition coefficient (Wildman–Crippen LogP) is 3.50. The third-order valence-corrected chi connectivity index (χ3v) is 7.39. The van der Waals surface area contributed by atoms with Crippen LogP contribution < -0.4 is 15.4 Å². The Morgan fingerprint density at radius 2 is 2.05 bits per heavy atom. The lowest BCUT2D eigenvalue weighted by molar-refractivity contribution is -0.133. The van der Waals surface area contributed by atoms with Crippen molar-refractivity contribution in [1.82, 2.24) is 25.3 Å². The molecule has 2 aromatic heterocycles. The summed E-state index contributed by atoms with van der Waals surface area (Å²) in [6, 6.07) is 7.67. The Morgan fingerprint density at radius 3 is 2.77 bits per heavy atom. The Hall–Kier alpha value is -3.50. The van der Waals surface area contributed by atoms with Crippen LogP contribution in [0.2, 0.25) is 0 Å². The van der Waals surface area contributed by atoms with Crippen molar-refractivity contribution in [3.8, 4) is 28.4 Å². The Bertz CT molecular complexity index is 1300. The van der Waals surface area contributed by atoms with Gasteiger partial charge in [0.15, 0.2) is 5.82 Å². The number of nitrogens with one attached hydrogen (secondary N) is 2. The van der Waals surface area contributed by atoms with E-state index < -0.39 is 6.10 Å². The number of aromatic nitrogens is 3. The Morgan fingerprint density at radius 1 is 1.23 bits per heavy atom. The SMILES string of the molecule is CNCC(O)COc1cccc(-c2nc(NC3CCCN(C(=O)C4CC4)C3)c(C)c(-c3c(C)noc3C)n2)c1. The molecule has 2 aliphatic rings. The molecule has 3 N–H and O–H groups in total. The van der Waals surface area contributed by atoms with Crippen molar-refractivity contribution >= 4 is 11.7 Å². The number of likely N-dealkylation sites (N-methyl/N-ethyl adjacent to an activating group) is 1. The van der Waals surface area contributed by atoms with Gasteiger partial charge in [-0.2, -0.15) is 0 Å². The van der Waals surface area contributed by atoms with Crippen LogP contribution in [-0.2, 0) is 4.79 Å². The van der Waals surface area contributed by atoms with Crippen molar-refractivity contribution in [2.45, 2.75) is 58.6 Å². The maximum absolute atomic E-state index is 12.7. The van der Waals surface area contributed by atoms with Gasteiger partial charge >= 0.3 is 0 Å². The van der Waals surface area contributed by atoms with Gasteiger partial charge in [-0.25, -0.2) is 9.97 Å². The number of aryl methyl sites for hydroxylation is 2. The van der Waals surface area contributed by atoms with E-state index in [1.807, 2.05) is 49.9 Å². The second-order valence-electron chi connectivity index (χ2n) is 10.7. The van der Waals surface area contributed by atoms with Crippen LogP contribution in [0.15, 0.2) is 28.8 Å². The average molecular weight is 535 g/mol. The number of carbonyl (C=O) groups excluding carboxylic acids is 1. The lowest BCUT2D eigenvalue weighted by atomic mass is 10.0. The summed E-state index contributed by atoms with van der Waals surface area (Å²) >= 11 is 0. The summed E-state index contributed by atoms with van der Waals surface area (Å²) in [6.45, 7) is 7.92. The highest BCUT2D eigenvalue weighted by atomic mass is 16.5. The fourth-order valence-electron chi connectivity index (χ4n) is 5.14. The van der Waals surface area contributed by atoms with Gasteiger partial charge in [-0.05, 0) is 65.6 Å². The molecule has 1 aromatic carbocycles. The number of amides is 1. The zero-order valence-corrected chi connectivity index (χ0v) is 23.2. The summed E-state index contributed by atoms with van der Waals surface area (Å²) in [6.07, 6.45) is 3.34. The first-order chi connectivity index (χ1) is 18.8. The standard InChI is InChI=1S/C29H38N6O4/c1-17-26(25-18(2)34-39-19(25)3)32-28(21-7-5-9-24(13-21)38-16-23(36)14-30-4)33-27(17)31-22-8-6-12-35(15-22)29(37)20-10-11-20/h5,7,9,13,20,22-23,30,36H,6,8,10-12,14-16H2,1-4H3,(H,31,32,33). The molecule has 1 saturated carbocycles. The van der Waals surface area contributed by atoms with Crippen molar-refractivity contribution in [2.75, 3.05) is 38.6 Å². The first kappa shape index (κ1) is 27.1. The molecule has 2 atom stereocenters. The van der Waals surface area contributed by atoms with E-state index in [9.17, 15) is 9.90 Å². The highest BCUT2D eigenvalue weighted by molar-refractivity contribution is 5.81. The van der Waals surface area contributed by atoms with Crippen molar-refractivity contribution in [3.63, 3.8) is 0 Å². The van der Waals surface area contributed by atoms with E-state index >= 15 is 0 Å². The van der Waals surface area contributed by atoms with Crippen LogP contribution in [0.3, 0.4) is 0 Å². The maximum atomic E-state index is 12.7. The number of hydrogen-bond acceptors (Lipinski definition) is 9. The molecular formula is C29H38N6O4. The Kier molecular flexibility index (Phi) is 8.13. The lowest BCUT2D eigenvalue weighted by Gasteiger charge is -2.34. The van der Waals surface area contributed by atoms with Gasteiger partial charge in [-0.15, -0.1) is 0 Å². The summed E-state index contributed by atoms with van der Waals surface area (Å²) in [4.78, 5) is 24.7. The molecule has 1 amide bonds. The largest absolute Gasteiger partial charge is 0.491 e. The molecule has 1 saturated heterocycles. The van der Waals surface area contributed by atoms with Gasteiger partial charge in [0.2, 0.25) is 5.91 Å².